The highest BCUT2D eigenvalue weighted by Gasteiger charge is 2.21. The maximum atomic E-state index is 11.3. The Labute approximate surface area is 110 Å². The molecule has 0 amide bonds. The van der Waals surface area contributed by atoms with Crippen LogP contribution in [0.25, 0.3) is 6.08 Å². The van der Waals surface area contributed by atoms with Crippen molar-refractivity contribution in [2.75, 3.05) is 20.3 Å². The molecule has 6 heteroatoms. The Bertz CT molecular complexity index is 476. The first-order valence-corrected chi connectivity index (χ1v) is 5.57. The Balaban J connectivity index is 0.000000258. The van der Waals surface area contributed by atoms with E-state index in [1.807, 2.05) is 0 Å². The second kappa shape index (κ2) is 6.89. The molecule has 0 saturated heterocycles. The van der Waals surface area contributed by atoms with Crippen LogP contribution in [-0.2, 0) is 0 Å². The van der Waals surface area contributed by atoms with Crippen LogP contribution in [0.3, 0.4) is 0 Å². The fourth-order valence-electron chi connectivity index (χ4n) is 1.49. The number of hydrogen-bond donors (Lipinski definition) is 4. The number of aromatic hydroxyl groups is 1. The minimum Gasteiger partial charge on any atom is -0.504 e. The largest absolute Gasteiger partial charge is 0.504 e. The summed E-state index contributed by atoms with van der Waals surface area (Å²) in [6.45, 7) is -0.729. The second-order valence-corrected chi connectivity index (χ2v) is 3.80. The van der Waals surface area contributed by atoms with Crippen LogP contribution in [0.4, 0.5) is 0 Å². The number of ketones is 1. The Morgan fingerprint density at radius 3 is 2.32 bits per heavy atom. The number of benzene rings is 1. The number of methoxy groups -OCH3 is 1. The number of allylic oxidation sites excluding steroid dienone is 1. The molecule has 1 aliphatic rings. The number of rotatable bonds is 3. The van der Waals surface area contributed by atoms with Crippen molar-refractivity contribution in [3.05, 3.63) is 29.3 Å². The molecule has 0 unspecified atom stereocenters. The van der Waals surface area contributed by atoms with Gasteiger partial charge in [-0.2, -0.15) is 0 Å². The van der Waals surface area contributed by atoms with Gasteiger partial charge in [-0.1, -0.05) is 12.1 Å². The maximum absolute atomic E-state index is 11.3. The van der Waals surface area contributed by atoms with Gasteiger partial charge in [-0.15, -0.1) is 0 Å². The smallest absolute Gasteiger partial charge is 0.190 e. The van der Waals surface area contributed by atoms with Crippen LogP contribution >= 0.6 is 0 Å². The third-order valence-corrected chi connectivity index (χ3v) is 2.46. The summed E-state index contributed by atoms with van der Waals surface area (Å²) < 4.78 is 4.95. The number of hydrogen-bond acceptors (Lipinski definition) is 6. The topological polar surface area (TPSA) is 107 Å². The summed E-state index contributed by atoms with van der Waals surface area (Å²) in [6, 6.07) is 3.20. The van der Waals surface area contributed by atoms with Crippen LogP contribution in [0, 0.1) is 0 Å². The van der Waals surface area contributed by atoms with Gasteiger partial charge in [0.25, 0.3) is 0 Å². The standard InChI is InChI=1S/C10H8O3.C3H8O3/c1-13-10-8(12)5-3-6-2-4-7(11)9(6)10;4-1-3(6)2-5/h2-5,12H,1H3;3-6H,1-2H2. The van der Waals surface area contributed by atoms with E-state index in [9.17, 15) is 9.90 Å². The SMILES string of the molecule is COc1c(O)ccc2c1C(=O)C=C2.OCC(O)CO. The Hall–Kier alpha value is -1.89. The van der Waals surface area contributed by atoms with Gasteiger partial charge in [0.2, 0.25) is 0 Å². The zero-order valence-corrected chi connectivity index (χ0v) is 10.4. The lowest BCUT2D eigenvalue weighted by molar-refractivity contribution is 0.0450. The van der Waals surface area contributed by atoms with Gasteiger partial charge in [0.1, 0.15) is 6.10 Å². The average Bonchev–Trinajstić information content (AvgIpc) is 2.80. The van der Waals surface area contributed by atoms with E-state index in [0.717, 1.165) is 5.56 Å². The highest BCUT2D eigenvalue weighted by atomic mass is 16.5. The van der Waals surface area contributed by atoms with E-state index in [1.54, 1.807) is 12.1 Å². The molecular weight excluding hydrogens is 252 g/mol. The van der Waals surface area contributed by atoms with E-state index in [0.29, 0.717) is 5.56 Å². The molecule has 2 rings (SSSR count). The van der Waals surface area contributed by atoms with Crippen molar-refractivity contribution >= 4 is 11.9 Å². The van der Waals surface area contributed by atoms with E-state index < -0.39 is 6.10 Å². The van der Waals surface area contributed by atoms with Crippen molar-refractivity contribution in [3.8, 4) is 11.5 Å². The number of fused-ring (bicyclic) bond motifs is 1. The highest BCUT2D eigenvalue weighted by molar-refractivity contribution is 6.15. The summed E-state index contributed by atoms with van der Waals surface area (Å²) in [4.78, 5) is 11.3. The number of aliphatic hydroxyl groups is 3. The summed E-state index contributed by atoms with van der Waals surface area (Å²) in [5.74, 6) is 0.133. The molecule has 0 aromatic heterocycles. The molecule has 0 aliphatic heterocycles. The molecule has 104 valence electrons. The lowest BCUT2D eigenvalue weighted by atomic mass is 10.1. The van der Waals surface area contributed by atoms with Crippen molar-refractivity contribution in [1.29, 1.82) is 0 Å². The quantitative estimate of drug-likeness (QED) is 0.612. The van der Waals surface area contributed by atoms with Crippen molar-refractivity contribution in [1.82, 2.24) is 0 Å². The first-order chi connectivity index (χ1) is 9.04. The number of ether oxygens (including phenoxy) is 1. The molecular formula is C13H16O6. The minimum absolute atomic E-state index is 0.00157. The second-order valence-electron chi connectivity index (χ2n) is 3.80. The highest BCUT2D eigenvalue weighted by Crippen LogP contribution is 2.36. The molecule has 1 aliphatic carbocycles. The van der Waals surface area contributed by atoms with Gasteiger partial charge in [-0.3, -0.25) is 4.79 Å². The van der Waals surface area contributed by atoms with Crippen molar-refractivity contribution in [2.45, 2.75) is 6.10 Å². The van der Waals surface area contributed by atoms with E-state index >= 15 is 0 Å². The van der Waals surface area contributed by atoms with Gasteiger partial charge in [0.05, 0.1) is 25.9 Å². The van der Waals surface area contributed by atoms with Gasteiger partial charge in [0.15, 0.2) is 17.3 Å². The fraction of sp³-hybridized carbons (Fsp3) is 0.308. The van der Waals surface area contributed by atoms with Crippen molar-refractivity contribution < 1.29 is 30.0 Å². The molecule has 1 aromatic rings. The maximum Gasteiger partial charge on any atom is 0.190 e. The predicted molar refractivity (Wildman–Crippen MR) is 68.2 cm³/mol. The van der Waals surface area contributed by atoms with Gasteiger partial charge in [-0.25, -0.2) is 0 Å². The Morgan fingerprint density at radius 1 is 1.21 bits per heavy atom. The molecule has 0 radical (unpaired) electrons. The van der Waals surface area contributed by atoms with E-state index in [1.165, 1.54) is 19.3 Å². The molecule has 0 bridgehead atoms. The molecule has 0 atom stereocenters. The van der Waals surface area contributed by atoms with Gasteiger partial charge >= 0.3 is 0 Å². The molecule has 0 heterocycles. The van der Waals surface area contributed by atoms with E-state index in [-0.39, 0.29) is 30.5 Å². The van der Waals surface area contributed by atoms with Gasteiger partial charge in [-0.05, 0) is 17.7 Å². The van der Waals surface area contributed by atoms with Crippen LogP contribution in [0.2, 0.25) is 0 Å². The number of carbonyl (C=O) groups excluding carboxylic acids is 1. The number of carbonyl (C=O) groups is 1. The van der Waals surface area contributed by atoms with E-state index in [4.69, 9.17) is 20.1 Å². The predicted octanol–water partition coefficient (Wildman–Crippen LogP) is -0.0578. The number of phenols is 1. The summed E-state index contributed by atoms with van der Waals surface area (Å²) >= 11 is 0. The third kappa shape index (κ3) is 3.54. The fourth-order valence-corrected chi connectivity index (χ4v) is 1.49. The molecule has 0 fully saturated rings. The normalized spacial score (nSPS) is 12.2. The molecule has 0 spiro atoms. The monoisotopic (exact) mass is 268 g/mol. The average molecular weight is 268 g/mol. The van der Waals surface area contributed by atoms with E-state index in [2.05, 4.69) is 0 Å². The van der Waals surface area contributed by atoms with Crippen LogP contribution in [-0.4, -0.2) is 52.6 Å². The summed E-state index contributed by atoms with van der Waals surface area (Å²) in [7, 11) is 1.43. The molecule has 6 nitrogen and oxygen atoms in total. The van der Waals surface area contributed by atoms with Crippen molar-refractivity contribution in [3.63, 3.8) is 0 Å². The lowest BCUT2D eigenvalue weighted by Gasteiger charge is -2.07. The first-order valence-electron chi connectivity index (χ1n) is 5.57. The zero-order valence-electron chi connectivity index (χ0n) is 10.4. The zero-order chi connectivity index (χ0) is 14.4. The van der Waals surface area contributed by atoms with Crippen LogP contribution in [0.15, 0.2) is 18.2 Å². The summed E-state index contributed by atoms with van der Waals surface area (Å²) in [5.41, 5.74) is 1.24. The van der Waals surface area contributed by atoms with Crippen LogP contribution in [0.1, 0.15) is 15.9 Å². The third-order valence-electron chi connectivity index (χ3n) is 2.46. The first kappa shape index (κ1) is 15.2. The van der Waals surface area contributed by atoms with Gasteiger partial charge < -0.3 is 25.2 Å². The van der Waals surface area contributed by atoms with Crippen LogP contribution in [0.5, 0.6) is 11.5 Å². The summed E-state index contributed by atoms with van der Waals surface area (Å²) in [5, 5.41) is 33.4. The van der Waals surface area contributed by atoms with Crippen molar-refractivity contribution in [2.24, 2.45) is 0 Å². The molecule has 0 saturated carbocycles. The lowest BCUT2D eigenvalue weighted by Crippen LogP contribution is -2.15. The molecule has 4 N–H and O–H groups in total. The van der Waals surface area contributed by atoms with Crippen LogP contribution < -0.4 is 4.74 Å². The minimum atomic E-state index is -0.954. The Kier molecular flexibility index (Phi) is 5.50. The Morgan fingerprint density at radius 2 is 1.84 bits per heavy atom. The summed E-state index contributed by atoms with van der Waals surface area (Å²) in [6.07, 6.45) is 2.22. The number of phenolic OH excluding ortho intramolecular Hbond substituents is 1. The molecule has 19 heavy (non-hydrogen) atoms. The number of aliphatic hydroxyl groups excluding tert-OH is 3. The van der Waals surface area contributed by atoms with Gasteiger partial charge in [0, 0.05) is 0 Å². The molecule has 1 aromatic carbocycles.